The van der Waals surface area contributed by atoms with E-state index in [1.54, 1.807) is 16.7 Å². The Labute approximate surface area is 183 Å². The van der Waals surface area contributed by atoms with Gasteiger partial charge in [-0.25, -0.2) is 0 Å². The van der Waals surface area contributed by atoms with Gasteiger partial charge in [0.2, 0.25) is 17.7 Å². The Bertz CT molecular complexity index is 720. The van der Waals surface area contributed by atoms with Crippen molar-refractivity contribution in [1.82, 2.24) is 10.6 Å². The predicted octanol–water partition coefficient (Wildman–Crippen LogP) is 3.12. The van der Waals surface area contributed by atoms with Crippen molar-refractivity contribution in [3.63, 3.8) is 0 Å². The number of para-hydroxylation sites is 1. The number of nitrogens with zero attached hydrogens (tertiary/aromatic N) is 1. The van der Waals surface area contributed by atoms with E-state index in [1.165, 1.54) is 12.8 Å². The molecule has 3 rings (SSSR count). The molecule has 2 fully saturated rings. The molecule has 1 aliphatic heterocycles. The van der Waals surface area contributed by atoms with Gasteiger partial charge < -0.3 is 15.5 Å². The van der Waals surface area contributed by atoms with E-state index in [-0.39, 0.29) is 30.2 Å². The third-order valence-corrected chi connectivity index (χ3v) is 6.65. The first-order valence-corrected chi connectivity index (χ1v) is 12.4. The third-order valence-electron chi connectivity index (χ3n) is 6.01. The molecule has 0 aromatic heterocycles. The largest absolute Gasteiger partial charge is 0.352 e. The van der Waals surface area contributed by atoms with Crippen molar-refractivity contribution in [2.45, 2.75) is 63.5 Å². The lowest BCUT2D eigenvalue weighted by atomic mass is 10.1. The fourth-order valence-corrected chi connectivity index (χ4v) is 4.73. The van der Waals surface area contributed by atoms with Crippen LogP contribution in [0.3, 0.4) is 0 Å². The summed E-state index contributed by atoms with van der Waals surface area (Å²) in [6.45, 7) is 0.355. The van der Waals surface area contributed by atoms with Gasteiger partial charge in [0.15, 0.2) is 0 Å². The second-order valence-corrected chi connectivity index (χ2v) is 9.27. The summed E-state index contributed by atoms with van der Waals surface area (Å²) in [4.78, 5) is 39.9. The van der Waals surface area contributed by atoms with Crippen LogP contribution in [0.15, 0.2) is 30.3 Å². The van der Waals surface area contributed by atoms with E-state index >= 15 is 0 Å². The number of amides is 3. The van der Waals surface area contributed by atoms with Crippen molar-refractivity contribution < 1.29 is 14.4 Å². The zero-order valence-electron chi connectivity index (χ0n) is 17.8. The minimum absolute atomic E-state index is 0.0510. The molecule has 1 aromatic rings. The number of anilines is 1. The predicted molar refractivity (Wildman–Crippen MR) is 121 cm³/mol. The Balaban J connectivity index is 1.59. The number of benzene rings is 1. The molecule has 6 nitrogen and oxygen atoms in total. The maximum atomic E-state index is 12.9. The summed E-state index contributed by atoms with van der Waals surface area (Å²) in [6, 6.07) is 9.07. The van der Waals surface area contributed by atoms with E-state index in [0.717, 1.165) is 37.1 Å². The molecule has 2 atom stereocenters. The van der Waals surface area contributed by atoms with Crippen LogP contribution in [-0.2, 0) is 14.4 Å². The first kappa shape index (κ1) is 22.7. The van der Waals surface area contributed by atoms with E-state index in [9.17, 15) is 14.4 Å². The highest BCUT2D eigenvalue weighted by atomic mass is 32.2. The molecule has 7 heteroatoms. The van der Waals surface area contributed by atoms with Crippen molar-refractivity contribution in [2.75, 3.05) is 23.5 Å². The Morgan fingerprint density at radius 1 is 1.13 bits per heavy atom. The maximum absolute atomic E-state index is 12.9. The summed E-state index contributed by atoms with van der Waals surface area (Å²) in [6.07, 6.45) is 9.54. The minimum Gasteiger partial charge on any atom is -0.352 e. The van der Waals surface area contributed by atoms with Crippen LogP contribution in [-0.4, -0.2) is 48.4 Å². The lowest BCUT2D eigenvalue weighted by Crippen LogP contribution is -2.51. The van der Waals surface area contributed by atoms with Gasteiger partial charge in [0.05, 0.1) is 5.92 Å². The van der Waals surface area contributed by atoms with E-state index in [2.05, 4.69) is 10.6 Å². The first-order valence-electron chi connectivity index (χ1n) is 11.0. The van der Waals surface area contributed by atoms with Gasteiger partial charge in [0.25, 0.3) is 0 Å². The van der Waals surface area contributed by atoms with Crippen LogP contribution in [0.4, 0.5) is 5.69 Å². The van der Waals surface area contributed by atoms with Crippen LogP contribution in [0, 0.1) is 5.92 Å². The SMILES string of the molecule is CSCC[C@@H](NC(=O)[C@H]1CC(=O)N(c2ccccc2)C1)C(=O)NC1CCCCCC1. The zero-order valence-corrected chi connectivity index (χ0v) is 18.6. The molecule has 1 heterocycles. The van der Waals surface area contributed by atoms with Crippen LogP contribution < -0.4 is 15.5 Å². The van der Waals surface area contributed by atoms with E-state index < -0.39 is 12.0 Å². The summed E-state index contributed by atoms with van der Waals surface area (Å²) >= 11 is 1.66. The molecule has 0 radical (unpaired) electrons. The van der Waals surface area contributed by atoms with Gasteiger partial charge in [-0.05, 0) is 43.4 Å². The number of carbonyl (C=O) groups excluding carboxylic acids is 3. The monoisotopic (exact) mass is 431 g/mol. The van der Waals surface area contributed by atoms with Gasteiger partial charge in [0, 0.05) is 24.7 Å². The van der Waals surface area contributed by atoms with Crippen LogP contribution in [0.25, 0.3) is 0 Å². The van der Waals surface area contributed by atoms with Crippen molar-refractivity contribution in [3.05, 3.63) is 30.3 Å². The molecular weight excluding hydrogens is 398 g/mol. The average molecular weight is 432 g/mol. The Morgan fingerprint density at radius 2 is 1.83 bits per heavy atom. The second kappa shape index (κ2) is 11.4. The topological polar surface area (TPSA) is 78.5 Å². The van der Waals surface area contributed by atoms with Crippen molar-refractivity contribution in [2.24, 2.45) is 5.92 Å². The molecule has 2 aliphatic rings. The standard InChI is InChI=1S/C23H33N3O3S/c1-30-14-13-20(23(29)24-18-9-5-2-3-6-10-18)25-22(28)17-15-21(27)26(16-17)19-11-7-4-8-12-19/h4,7-8,11-12,17-18,20H,2-3,5-6,9-10,13-16H2,1H3,(H,24,29)(H,25,28)/t17-,20+/m0/s1. The highest BCUT2D eigenvalue weighted by Crippen LogP contribution is 2.25. The van der Waals surface area contributed by atoms with Gasteiger partial charge >= 0.3 is 0 Å². The van der Waals surface area contributed by atoms with Crippen LogP contribution >= 0.6 is 11.8 Å². The molecule has 0 unspecified atom stereocenters. The fourth-order valence-electron chi connectivity index (χ4n) is 4.26. The molecule has 0 bridgehead atoms. The first-order chi connectivity index (χ1) is 14.6. The highest BCUT2D eigenvalue weighted by Gasteiger charge is 2.36. The Morgan fingerprint density at radius 3 is 2.50 bits per heavy atom. The number of rotatable bonds is 8. The molecule has 1 aromatic carbocycles. The zero-order chi connectivity index (χ0) is 21.3. The van der Waals surface area contributed by atoms with E-state index in [1.807, 2.05) is 36.6 Å². The lowest BCUT2D eigenvalue weighted by molar-refractivity contribution is -0.131. The summed E-state index contributed by atoms with van der Waals surface area (Å²) in [7, 11) is 0. The van der Waals surface area contributed by atoms with Crippen LogP contribution in [0.2, 0.25) is 0 Å². The Kier molecular flexibility index (Phi) is 8.61. The summed E-state index contributed by atoms with van der Waals surface area (Å²) in [5, 5.41) is 6.12. The minimum atomic E-state index is -0.547. The molecule has 1 saturated heterocycles. The number of nitrogens with one attached hydrogen (secondary N) is 2. The molecule has 1 saturated carbocycles. The van der Waals surface area contributed by atoms with Gasteiger partial charge in [-0.1, -0.05) is 43.9 Å². The molecule has 30 heavy (non-hydrogen) atoms. The average Bonchev–Trinajstić information content (AvgIpc) is 2.96. The highest BCUT2D eigenvalue weighted by molar-refractivity contribution is 7.98. The van der Waals surface area contributed by atoms with Gasteiger partial charge in [-0.3, -0.25) is 14.4 Å². The molecule has 0 spiro atoms. The summed E-state index contributed by atoms with van der Waals surface area (Å²) in [5.41, 5.74) is 0.808. The summed E-state index contributed by atoms with van der Waals surface area (Å²) < 4.78 is 0. The van der Waals surface area contributed by atoms with E-state index in [4.69, 9.17) is 0 Å². The Hall–Kier alpha value is -2.02. The number of hydrogen-bond acceptors (Lipinski definition) is 4. The molecule has 3 amide bonds. The second-order valence-electron chi connectivity index (χ2n) is 8.28. The van der Waals surface area contributed by atoms with E-state index in [0.29, 0.717) is 13.0 Å². The third kappa shape index (κ3) is 6.24. The molecule has 1 aliphatic carbocycles. The number of thioether (sulfide) groups is 1. The van der Waals surface area contributed by atoms with Crippen LogP contribution in [0.1, 0.15) is 51.4 Å². The number of hydrogen-bond donors (Lipinski definition) is 2. The lowest BCUT2D eigenvalue weighted by Gasteiger charge is -2.24. The molecular formula is C23H33N3O3S. The smallest absolute Gasteiger partial charge is 0.242 e. The normalized spacial score (nSPS) is 21.2. The van der Waals surface area contributed by atoms with Gasteiger partial charge in [-0.2, -0.15) is 11.8 Å². The van der Waals surface area contributed by atoms with Gasteiger partial charge in [0.1, 0.15) is 6.04 Å². The maximum Gasteiger partial charge on any atom is 0.242 e. The number of carbonyl (C=O) groups is 3. The summed E-state index contributed by atoms with van der Waals surface area (Å²) in [5.74, 6) is 0.0190. The van der Waals surface area contributed by atoms with Gasteiger partial charge in [-0.15, -0.1) is 0 Å². The molecule has 164 valence electrons. The van der Waals surface area contributed by atoms with Crippen molar-refractivity contribution >= 4 is 35.2 Å². The van der Waals surface area contributed by atoms with Crippen molar-refractivity contribution in [1.29, 1.82) is 0 Å². The van der Waals surface area contributed by atoms with Crippen LogP contribution in [0.5, 0.6) is 0 Å². The van der Waals surface area contributed by atoms with Crippen molar-refractivity contribution in [3.8, 4) is 0 Å². The quantitative estimate of drug-likeness (QED) is 0.620. The molecule has 2 N–H and O–H groups in total. The fraction of sp³-hybridized carbons (Fsp3) is 0.609.